The molecule has 0 spiro atoms. The van der Waals surface area contributed by atoms with Crippen molar-refractivity contribution in [3.63, 3.8) is 0 Å². The number of aryl methyl sites for hydroxylation is 1. The van der Waals surface area contributed by atoms with Crippen LogP contribution in [0.2, 0.25) is 0 Å². The molecule has 128 valence electrons. The molecule has 1 fully saturated rings. The quantitative estimate of drug-likeness (QED) is 0.919. The van der Waals surface area contributed by atoms with Crippen LogP contribution in [-0.2, 0) is 16.1 Å². The number of carbonyl (C=O) groups is 2. The van der Waals surface area contributed by atoms with Crippen LogP contribution in [0.4, 0.5) is 4.79 Å². The van der Waals surface area contributed by atoms with Crippen LogP contribution in [0, 0.1) is 6.92 Å². The van der Waals surface area contributed by atoms with Crippen LogP contribution >= 0.6 is 11.3 Å². The Kier molecular flexibility index (Phi) is 5.62. The molecule has 0 bridgehead atoms. The monoisotopic (exact) mass is 339 g/mol. The van der Waals surface area contributed by atoms with Crippen molar-refractivity contribution in [1.29, 1.82) is 0 Å². The highest BCUT2D eigenvalue weighted by atomic mass is 32.1. The van der Waals surface area contributed by atoms with Gasteiger partial charge < -0.3 is 10.1 Å². The molecular formula is C16H25N3O3S. The Labute approximate surface area is 141 Å². The lowest BCUT2D eigenvalue weighted by molar-refractivity contribution is -0.127. The van der Waals surface area contributed by atoms with Crippen molar-refractivity contribution < 1.29 is 14.3 Å². The number of amides is 2. The third kappa shape index (κ3) is 5.20. The molecule has 7 heteroatoms. The van der Waals surface area contributed by atoms with Gasteiger partial charge in [-0.05, 0) is 47.0 Å². The van der Waals surface area contributed by atoms with Gasteiger partial charge in [0.15, 0.2) is 0 Å². The van der Waals surface area contributed by atoms with Gasteiger partial charge in [0.05, 0.1) is 17.2 Å². The molecule has 1 aromatic rings. The number of likely N-dealkylation sites (tertiary alicyclic amines) is 1. The first-order valence-electron chi connectivity index (χ1n) is 7.94. The molecule has 1 N–H and O–H groups in total. The lowest BCUT2D eigenvalue weighted by atomic mass is 10.0. The first-order valence-corrected chi connectivity index (χ1v) is 8.82. The van der Waals surface area contributed by atoms with Crippen molar-refractivity contribution in [1.82, 2.24) is 15.2 Å². The summed E-state index contributed by atoms with van der Waals surface area (Å²) in [6, 6.07) is -0.460. The number of ether oxygens (including phenoxy) is 1. The number of hydrogen-bond donors (Lipinski definition) is 1. The van der Waals surface area contributed by atoms with Crippen molar-refractivity contribution in [2.24, 2.45) is 0 Å². The highest BCUT2D eigenvalue weighted by molar-refractivity contribution is 7.09. The van der Waals surface area contributed by atoms with E-state index in [9.17, 15) is 9.59 Å². The third-order valence-corrected chi connectivity index (χ3v) is 4.37. The third-order valence-electron chi connectivity index (χ3n) is 3.54. The van der Waals surface area contributed by atoms with E-state index in [1.807, 2.05) is 33.1 Å². The van der Waals surface area contributed by atoms with Crippen molar-refractivity contribution in [2.45, 2.75) is 65.1 Å². The van der Waals surface area contributed by atoms with E-state index in [1.165, 1.54) is 0 Å². The fourth-order valence-corrected chi connectivity index (χ4v) is 3.14. The van der Waals surface area contributed by atoms with E-state index in [-0.39, 0.29) is 5.91 Å². The molecule has 1 aliphatic heterocycles. The number of piperidine rings is 1. The van der Waals surface area contributed by atoms with E-state index in [0.29, 0.717) is 19.5 Å². The van der Waals surface area contributed by atoms with Crippen molar-refractivity contribution in [2.75, 3.05) is 6.54 Å². The Hall–Kier alpha value is -1.63. The normalized spacial score (nSPS) is 18.6. The molecule has 0 aliphatic carbocycles. The number of thiazole rings is 1. The highest BCUT2D eigenvalue weighted by Gasteiger charge is 2.34. The van der Waals surface area contributed by atoms with E-state index in [0.717, 1.165) is 23.5 Å². The maximum Gasteiger partial charge on any atom is 0.410 e. The average Bonchev–Trinajstić information content (AvgIpc) is 2.88. The van der Waals surface area contributed by atoms with Crippen molar-refractivity contribution in [3.8, 4) is 0 Å². The molecule has 23 heavy (non-hydrogen) atoms. The molecule has 1 aromatic heterocycles. The Morgan fingerprint density at radius 3 is 2.78 bits per heavy atom. The molecule has 0 saturated carbocycles. The summed E-state index contributed by atoms with van der Waals surface area (Å²) >= 11 is 1.56. The number of rotatable bonds is 3. The fraction of sp³-hybridized carbons (Fsp3) is 0.688. The average molecular weight is 339 g/mol. The fourth-order valence-electron chi connectivity index (χ4n) is 2.53. The minimum absolute atomic E-state index is 0.138. The van der Waals surface area contributed by atoms with Gasteiger partial charge in [-0.1, -0.05) is 0 Å². The Morgan fingerprint density at radius 1 is 1.43 bits per heavy atom. The smallest absolute Gasteiger partial charge is 0.410 e. The molecule has 2 rings (SSSR count). The number of aromatic nitrogens is 1. The van der Waals surface area contributed by atoms with Gasteiger partial charge in [0.25, 0.3) is 0 Å². The Balaban J connectivity index is 1.96. The minimum Gasteiger partial charge on any atom is -0.444 e. The van der Waals surface area contributed by atoms with Crippen LogP contribution in [0.5, 0.6) is 0 Å². The van der Waals surface area contributed by atoms with Crippen LogP contribution < -0.4 is 5.32 Å². The van der Waals surface area contributed by atoms with Gasteiger partial charge in [-0.15, -0.1) is 11.3 Å². The lowest BCUT2D eigenvalue weighted by Crippen LogP contribution is -2.53. The molecule has 0 aromatic carbocycles. The summed E-state index contributed by atoms with van der Waals surface area (Å²) in [6.45, 7) is 8.36. The summed E-state index contributed by atoms with van der Waals surface area (Å²) in [6.07, 6.45) is 2.09. The molecular weight excluding hydrogens is 314 g/mol. The van der Waals surface area contributed by atoms with Crippen LogP contribution in [0.25, 0.3) is 0 Å². The van der Waals surface area contributed by atoms with E-state index < -0.39 is 17.7 Å². The van der Waals surface area contributed by atoms with Gasteiger partial charge in [0.1, 0.15) is 11.6 Å². The first kappa shape index (κ1) is 17.7. The number of nitrogens with one attached hydrogen (secondary N) is 1. The summed E-state index contributed by atoms with van der Waals surface area (Å²) in [4.78, 5) is 30.7. The lowest BCUT2D eigenvalue weighted by Gasteiger charge is -2.35. The van der Waals surface area contributed by atoms with E-state index in [1.54, 1.807) is 16.2 Å². The van der Waals surface area contributed by atoms with Gasteiger partial charge in [-0.3, -0.25) is 9.69 Å². The van der Waals surface area contributed by atoms with E-state index in [4.69, 9.17) is 4.74 Å². The number of nitrogens with zero attached hydrogens (tertiary/aromatic N) is 2. The van der Waals surface area contributed by atoms with E-state index >= 15 is 0 Å². The van der Waals surface area contributed by atoms with Crippen LogP contribution in [0.1, 0.15) is 50.7 Å². The summed E-state index contributed by atoms with van der Waals surface area (Å²) in [5.41, 5.74) is 0.286. The molecule has 0 radical (unpaired) electrons. The zero-order valence-electron chi connectivity index (χ0n) is 14.2. The van der Waals surface area contributed by atoms with Gasteiger partial charge in [-0.2, -0.15) is 0 Å². The highest BCUT2D eigenvalue weighted by Crippen LogP contribution is 2.20. The zero-order valence-corrected chi connectivity index (χ0v) is 15.0. The molecule has 1 saturated heterocycles. The topological polar surface area (TPSA) is 71.5 Å². The van der Waals surface area contributed by atoms with Gasteiger partial charge in [-0.25, -0.2) is 9.78 Å². The molecule has 2 heterocycles. The van der Waals surface area contributed by atoms with E-state index in [2.05, 4.69) is 10.3 Å². The second-order valence-electron chi connectivity index (χ2n) is 6.76. The largest absolute Gasteiger partial charge is 0.444 e. The number of hydrogen-bond acceptors (Lipinski definition) is 5. The zero-order chi connectivity index (χ0) is 17.0. The summed E-state index contributed by atoms with van der Waals surface area (Å²) in [5, 5.41) is 5.79. The minimum atomic E-state index is -0.562. The Morgan fingerprint density at radius 2 is 2.17 bits per heavy atom. The summed E-state index contributed by atoms with van der Waals surface area (Å²) < 4.78 is 5.42. The molecule has 1 aliphatic rings. The maximum absolute atomic E-state index is 12.5. The summed E-state index contributed by atoms with van der Waals surface area (Å²) in [7, 11) is 0. The van der Waals surface area contributed by atoms with Crippen LogP contribution in [0.3, 0.4) is 0 Å². The van der Waals surface area contributed by atoms with Gasteiger partial charge in [0.2, 0.25) is 5.91 Å². The van der Waals surface area contributed by atoms with Crippen molar-refractivity contribution in [3.05, 3.63) is 16.1 Å². The maximum atomic E-state index is 12.5. The van der Waals surface area contributed by atoms with Gasteiger partial charge >= 0.3 is 6.09 Å². The summed E-state index contributed by atoms with van der Waals surface area (Å²) in [5.74, 6) is -0.138. The van der Waals surface area contributed by atoms with Gasteiger partial charge in [0, 0.05) is 11.9 Å². The molecule has 2 amide bonds. The SMILES string of the molecule is Cc1nc(CNC(=O)C2CCCCN2C(=O)OC(C)(C)C)cs1. The molecule has 1 atom stereocenters. The first-order chi connectivity index (χ1) is 10.8. The number of carbonyl (C=O) groups excluding carboxylic acids is 2. The molecule has 1 unspecified atom stereocenters. The second-order valence-corrected chi connectivity index (χ2v) is 7.82. The van der Waals surface area contributed by atoms with Crippen LogP contribution in [-0.4, -0.2) is 40.1 Å². The predicted molar refractivity (Wildman–Crippen MR) is 89.3 cm³/mol. The van der Waals surface area contributed by atoms with Crippen LogP contribution in [0.15, 0.2) is 5.38 Å². The van der Waals surface area contributed by atoms with Crippen molar-refractivity contribution >= 4 is 23.3 Å². The standard InChI is InChI=1S/C16H25N3O3S/c1-11-18-12(10-23-11)9-17-14(20)13-7-5-6-8-19(13)15(21)22-16(2,3)4/h10,13H,5-9H2,1-4H3,(H,17,20). The molecule has 6 nitrogen and oxygen atoms in total. The predicted octanol–water partition coefficient (Wildman–Crippen LogP) is 2.86. The second kappa shape index (κ2) is 7.29. The Bertz CT molecular complexity index is 565.